The van der Waals surface area contributed by atoms with E-state index in [0.717, 1.165) is 5.69 Å². The Labute approximate surface area is 153 Å². The molecule has 2 rings (SSSR count). The highest BCUT2D eigenvalue weighted by Crippen LogP contribution is 2.28. The van der Waals surface area contributed by atoms with Gasteiger partial charge in [-0.1, -0.05) is 23.7 Å². The molecule has 0 spiro atoms. The van der Waals surface area contributed by atoms with Crippen LogP contribution in [0.1, 0.15) is 17.3 Å². The maximum absolute atomic E-state index is 12.6. The van der Waals surface area contributed by atoms with E-state index >= 15 is 0 Å². The number of halogens is 1. The number of amides is 1. The number of nitrogens with zero attached hydrogens (tertiary/aromatic N) is 1. The Morgan fingerprint density at radius 1 is 1.16 bits per heavy atom. The summed E-state index contributed by atoms with van der Waals surface area (Å²) in [5.74, 6) is 0.274. The lowest BCUT2D eigenvalue weighted by molar-refractivity contribution is 0.0998. The van der Waals surface area contributed by atoms with Gasteiger partial charge < -0.3 is 19.7 Å². The molecule has 0 atom stereocenters. The average Bonchev–Trinajstić information content (AvgIpc) is 2.59. The van der Waals surface area contributed by atoms with E-state index in [0.29, 0.717) is 41.8 Å². The van der Waals surface area contributed by atoms with Crippen LogP contribution in [-0.2, 0) is 4.74 Å². The fraction of sp³-hybridized carbons (Fsp3) is 0.316. The summed E-state index contributed by atoms with van der Waals surface area (Å²) < 4.78 is 10.9. The highest BCUT2D eigenvalue weighted by molar-refractivity contribution is 6.33. The summed E-state index contributed by atoms with van der Waals surface area (Å²) in [4.78, 5) is 14.5. The van der Waals surface area contributed by atoms with Crippen LogP contribution < -0.4 is 15.0 Å². The van der Waals surface area contributed by atoms with Crippen LogP contribution in [0.2, 0.25) is 5.02 Å². The molecular weight excluding hydrogens is 340 g/mol. The van der Waals surface area contributed by atoms with E-state index in [9.17, 15) is 4.79 Å². The first-order valence-corrected chi connectivity index (χ1v) is 8.48. The highest BCUT2D eigenvalue weighted by Gasteiger charge is 2.13. The zero-order chi connectivity index (χ0) is 18.2. The van der Waals surface area contributed by atoms with E-state index < -0.39 is 0 Å². The zero-order valence-corrected chi connectivity index (χ0v) is 15.5. The molecule has 0 fully saturated rings. The molecule has 0 aliphatic heterocycles. The summed E-state index contributed by atoms with van der Waals surface area (Å²) in [5, 5.41) is 3.43. The molecule has 2 aromatic rings. The van der Waals surface area contributed by atoms with Crippen molar-refractivity contribution in [2.45, 2.75) is 6.92 Å². The van der Waals surface area contributed by atoms with Crippen molar-refractivity contribution in [2.24, 2.45) is 0 Å². The monoisotopic (exact) mass is 362 g/mol. The molecule has 0 saturated carbocycles. The number of ether oxygens (including phenoxy) is 2. The van der Waals surface area contributed by atoms with Crippen LogP contribution in [0.3, 0.4) is 0 Å². The highest BCUT2D eigenvalue weighted by atomic mass is 35.5. The normalized spacial score (nSPS) is 10.4. The van der Waals surface area contributed by atoms with E-state index in [1.807, 2.05) is 44.1 Å². The van der Waals surface area contributed by atoms with Crippen LogP contribution in [0.4, 0.5) is 11.4 Å². The van der Waals surface area contributed by atoms with E-state index in [-0.39, 0.29) is 5.91 Å². The zero-order valence-electron chi connectivity index (χ0n) is 14.7. The predicted molar refractivity (Wildman–Crippen MR) is 102 cm³/mol. The maximum atomic E-state index is 12.6. The first-order valence-electron chi connectivity index (χ1n) is 8.10. The first-order chi connectivity index (χ1) is 12.0. The quantitative estimate of drug-likeness (QED) is 0.719. The third-order valence-corrected chi connectivity index (χ3v) is 3.81. The molecule has 0 saturated heterocycles. The van der Waals surface area contributed by atoms with Crippen LogP contribution in [0.15, 0.2) is 42.5 Å². The van der Waals surface area contributed by atoms with Gasteiger partial charge in [0.25, 0.3) is 5.91 Å². The molecule has 25 heavy (non-hydrogen) atoms. The van der Waals surface area contributed by atoms with Gasteiger partial charge >= 0.3 is 0 Å². The minimum Gasteiger partial charge on any atom is -0.490 e. The van der Waals surface area contributed by atoms with Crippen LogP contribution in [0, 0.1) is 0 Å². The van der Waals surface area contributed by atoms with Gasteiger partial charge in [0, 0.05) is 26.4 Å². The summed E-state index contributed by atoms with van der Waals surface area (Å²) in [7, 11) is 3.82. The fourth-order valence-corrected chi connectivity index (χ4v) is 2.63. The number of carbonyl (C=O) groups excluding carboxylic acids is 1. The fourth-order valence-electron chi connectivity index (χ4n) is 2.28. The van der Waals surface area contributed by atoms with Crippen molar-refractivity contribution in [3.63, 3.8) is 0 Å². The van der Waals surface area contributed by atoms with Crippen molar-refractivity contribution in [3.8, 4) is 5.75 Å². The lowest BCUT2D eigenvalue weighted by Gasteiger charge is -2.16. The Hall–Kier alpha value is -2.24. The molecule has 0 aromatic heterocycles. The third-order valence-electron chi connectivity index (χ3n) is 3.51. The number of hydrogen-bond donors (Lipinski definition) is 1. The van der Waals surface area contributed by atoms with Crippen molar-refractivity contribution in [1.82, 2.24) is 0 Å². The number of anilines is 2. The number of rotatable bonds is 8. The Kier molecular flexibility index (Phi) is 7.10. The maximum Gasteiger partial charge on any atom is 0.259 e. The Balaban J connectivity index is 2.09. The number of carbonyl (C=O) groups is 1. The topological polar surface area (TPSA) is 50.8 Å². The molecule has 5 nitrogen and oxygen atoms in total. The second kappa shape index (κ2) is 9.30. The summed E-state index contributed by atoms with van der Waals surface area (Å²) in [6.07, 6.45) is 0. The standard InChI is InChI=1S/C19H23ClN2O3/c1-4-24-11-12-25-18-8-6-5-7-15(18)19(23)21-14-9-10-17(22(2)3)16(20)13-14/h5-10,13H,4,11-12H2,1-3H3,(H,21,23). The molecular formula is C19H23ClN2O3. The molecule has 0 heterocycles. The summed E-state index contributed by atoms with van der Waals surface area (Å²) in [6, 6.07) is 12.5. The largest absolute Gasteiger partial charge is 0.490 e. The molecule has 6 heteroatoms. The van der Waals surface area contributed by atoms with Crippen LogP contribution in [0.5, 0.6) is 5.75 Å². The van der Waals surface area contributed by atoms with Crippen molar-refractivity contribution in [3.05, 3.63) is 53.1 Å². The predicted octanol–water partition coefficient (Wildman–Crippen LogP) is 4.07. The molecule has 0 aliphatic rings. The number of nitrogens with one attached hydrogen (secondary N) is 1. The summed E-state index contributed by atoms with van der Waals surface area (Å²) in [6.45, 7) is 3.43. The van der Waals surface area contributed by atoms with Gasteiger partial charge in [-0.25, -0.2) is 0 Å². The van der Waals surface area contributed by atoms with Gasteiger partial charge in [-0.3, -0.25) is 4.79 Å². The molecule has 1 N–H and O–H groups in total. The van der Waals surface area contributed by atoms with E-state index in [1.165, 1.54) is 0 Å². The van der Waals surface area contributed by atoms with Crippen LogP contribution in [0.25, 0.3) is 0 Å². The van der Waals surface area contributed by atoms with Gasteiger partial charge in [0.1, 0.15) is 12.4 Å². The third kappa shape index (κ3) is 5.37. The summed E-state index contributed by atoms with van der Waals surface area (Å²) in [5.41, 5.74) is 1.98. The first kappa shape index (κ1) is 19.1. The Morgan fingerprint density at radius 2 is 1.92 bits per heavy atom. The molecule has 1 amide bonds. The SMILES string of the molecule is CCOCCOc1ccccc1C(=O)Nc1ccc(N(C)C)c(Cl)c1. The average molecular weight is 363 g/mol. The Morgan fingerprint density at radius 3 is 2.60 bits per heavy atom. The molecule has 0 aliphatic carbocycles. The van der Waals surface area contributed by atoms with Gasteiger partial charge in [-0.15, -0.1) is 0 Å². The van der Waals surface area contributed by atoms with Crippen molar-refractivity contribution >= 4 is 28.9 Å². The van der Waals surface area contributed by atoms with Crippen molar-refractivity contribution < 1.29 is 14.3 Å². The number of hydrogen-bond acceptors (Lipinski definition) is 4. The summed E-state index contributed by atoms with van der Waals surface area (Å²) >= 11 is 6.25. The van der Waals surface area contributed by atoms with Crippen molar-refractivity contribution in [1.29, 1.82) is 0 Å². The van der Waals surface area contributed by atoms with Gasteiger partial charge in [0.2, 0.25) is 0 Å². The van der Waals surface area contributed by atoms with Gasteiger partial charge in [-0.05, 0) is 37.3 Å². The minimum absolute atomic E-state index is 0.249. The van der Waals surface area contributed by atoms with E-state index in [2.05, 4.69) is 5.32 Å². The lowest BCUT2D eigenvalue weighted by atomic mass is 10.1. The second-order valence-corrected chi connectivity index (χ2v) is 5.96. The van der Waals surface area contributed by atoms with E-state index in [4.69, 9.17) is 21.1 Å². The number of para-hydroxylation sites is 1. The smallest absolute Gasteiger partial charge is 0.259 e. The Bertz CT molecular complexity index is 720. The molecule has 0 unspecified atom stereocenters. The van der Waals surface area contributed by atoms with Crippen LogP contribution in [-0.4, -0.2) is 39.8 Å². The van der Waals surface area contributed by atoms with Gasteiger partial charge in [0.05, 0.1) is 22.9 Å². The molecule has 0 radical (unpaired) electrons. The lowest BCUT2D eigenvalue weighted by Crippen LogP contribution is -2.15. The van der Waals surface area contributed by atoms with Crippen LogP contribution >= 0.6 is 11.6 Å². The van der Waals surface area contributed by atoms with Crippen molar-refractivity contribution in [2.75, 3.05) is 44.1 Å². The second-order valence-electron chi connectivity index (χ2n) is 5.56. The molecule has 2 aromatic carbocycles. The van der Waals surface area contributed by atoms with E-state index in [1.54, 1.807) is 24.3 Å². The van der Waals surface area contributed by atoms with Gasteiger partial charge in [-0.2, -0.15) is 0 Å². The van der Waals surface area contributed by atoms with Gasteiger partial charge in [0.15, 0.2) is 0 Å². The molecule has 0 bridgehead atoms. The molecule has 134 valence electrons. The minimum atomic E-state index is -0.249. The number of benzene rings is 2.